The number of benzene rings is 2. The maximum Gasteiger partial charge on any atom is 0.305 e. The SMILES string of the molecule is Cc1cc(C)c(-c2cccc([C@H](CC(=O)O)NC(=O)[C@H](CCC(C)C)n3ccc(CCN(C)C)cc3=O)c2)c(C)c1. The van der Waals surface area contributed by atoms with Gasteiger partial charge in [-0.3, -0.25) is 14.4 Å². The Balaban J connectivity index is 1.95. The number of carbonyl (C=O) groups is 2. The van der Waals surface area contributed by atoms with E-state index in [1.165, 1.54) is 10.1 Å². The van der Waals surface area contributed by atoms with E-state index in [1.54, 1.807) is 12.3 Å². The van der Waals surface area contributed by atoms with Gasteiger partial charge in [-0.05, 0) is 106 Å². The van der Waals surface area contributed by atoms with Crippen molar-refractivity contribution in [2.24, 2.45) is 5.92 Å². The Labute approximate surface area is 244 Å². The molecule has 41 heavy (non-hydrogen) atoms. The van der Waals surface area contributed by atoms with Gasteiger partial charge in [0.15, 0.2) is 0 Å². The lowest BCUT2D eigenvalue weighted by molar-refractivity contribution is -0.138. The zero-order valence-corrected chi connectivity index (χ0v) is 25.5. The maximum atomic E-state index is 13.8. The van der Waals surface area contributed by atoms with E-state index in [4.69, 9.17) is 0 Å². The Morgan fingerprint density at radius 2 is 1.66 bits per heavy atom. The molecule has 0 radical (unpaired) electrons. The highest BCUT2D eigenvalue weighted by Crippen LogP contribution is 2.31. The van der Waals surface area contributed by atoms with Gasteiger partial charge in [-0.1, -0.05) is 49.7 Å². The molecule has 0 saturated heterocycles. The van der Waals surface area contributed by atoms with E-state index in [0.29, 0.717) is 17.9 Å². The summed E-state index contributed by atoms with van der Waals surface area (Å²) in [7, 11) is 3.97. The van der Waals surface area contributed by atoms with Crippen molar-refractivity contribution >= 4 is 11.9 Å². The lowest BCUT2D eigenvalue weighted by Gasteiger charge is -2.25. The number of hydrogen-bond donors (Lipinski definition) is 2. The monoisotopic (exact) mass is 559 g/mol. The molecule has 1 aromatic heterocycles. The van der Waals surface area contributed by atoms with Crippen LogP contribution in [0.3, 0.4) is 0 Å². The average molecular weight is 560 g/mol. The van der Waals surface area contributed by atoms with Crippen LogP contribution < -0.4 is 10.9 Å². The third kappa shape index (κ3) is 8.89. The van der Waals surface area contributed by atoms with Gasteiger partial charge in [-0.15, -0.1) is 0 Å². The smallest absolute Gasteiger partial charge is 0.305 e. The van der Waals surface area contributed by atoms with Crippen LogP contribution in [0.4, 0.5) is 0 Å². The molecule has 0 spiro atoms. The molecule has 220 valence electrons. The number of aliphatic carboxylic acids is 1. The topological polar surface area (TPSA) is 91.6 Å². The average Bonchev–Trinajstić information content (AvgIpc) is 2.87. The molecular weight excluding hydrogens is 514 g/mol. The summed E-state index contributed by atoms with van der Waals surface area (Å²) >= 11 is 0. The molecule has 0 saturated carbocycles. The molecule has 1 heterocycles. The van der Waals surface area contributed by atoms with Crippen LogP contribution in [0, 0.1) is 26.7 Å². The first-order chi connectivity index (χ1) is 19.3. The molecule has 7 nitrogen and oxygen atoms in total. The second kappa shape index (κ2) is 14.3. The molecule has 0 aliphatic carbocycles. The van der Waals surface area contributed by atoms with Crippen LogP contribution in [0.1, 0.15) is 73.0 Å². The van der Waals surface area contributed by atoms with Crippen LogP contribution in [0.2, 0.25) is 0 Å². The fourth-order valence-electron chi connectivity index (χ4n) is 5.43. The molecule has 0 aliphatic heterocycles. The van der Waals surface area contributed by atoms with E-state index in [-0.39, 0.29) is 17.9 Å². The lowest BCUT2D eigenvalue weighted by atomic mass is 9.91. The molecule has 2 atom stereocenters. The fraction of sp³-hybridized carbons (Fsp3) is 0.441. The van der Waals surface area contributed by atoms with Gasteiger partial charge in [-0.25, -0.2) is 0 Å². The number of nitrogens with one attached hydrogen (secondary N) is 1. The first-order valence-electron chi connectivity index (χ1n) is 14.4. The molecule has 0 aliphatic rings. The summed E-state index contributed by atoms with van der Waals surface area (Å²) in [6.45, 7) is 11.2. The largest absolute Gasteiger partial charge is 0.481 e. The van der Waals surface area contributed by atoms with Gasteiger partial charge in [0.05, 0.1) is 12.5 Å². The van der Waals surface area contributed by atoms with Gasteiger partial charge in [0.25, 0.3) is 5.56 Å². The number of carboxylic acids is 1. The van der Waals surface area contributed by atoms with Gasteiger partial charge in [-0.2, -0.15) is 0 Å². The maximum absolute atomic E-state index is 13.8. The first-order valence-corrected chi connectivity index (χ1v) is 14.4. The second-order valence-corrected chi connectivity index (χ2v) is 11.9. The third-order valence-electron chi connectivity index (χ3n) is 7.47. The predicted octanol–water partition coefficient (Wildman–Crippen LogP) is 5.85. The van der Waals surface area contributed by atoms with Crippen molar-refractivity contribution in [3.8, 4) is 11.1 Å². The number of pyridine rings is 1. The second-order valence-electron chi connectivity index (χ2n) is 11.9. The molecule has 0 bridgehead atoms. The van der Waals surface area contributed by atoms with E-state index < -0.39 is 18.1 Å². The van der Waals surface area contributed by atoms with Crippen LogP contribution >= 0.6 is 0 Å². The number of amides is 1. The Morgan fingerprint density at radius 3 is 2.24 bits per heavy atom. The zero-order chi connectivity index (χ0) is 30.3. The molecule has 3 aromatic rings. The molecule has 0 fully saturated rings. The summed E-state index contributed by atoms with van der Waals surface area (Å²) in [5.74, 6) is -1.02. The fourth-order valence-corrected chi connectivity index (χ4v) is 5.43. The highest BCUT2D eigenvalue weighted by atomic mass is 16.4. The van der Waals surface area contributed by atoms with Gasteiger partial charge < -0.3 is 19.9 Å². The molecule has 3 rings (SSSR count). The Kier molecular flexibility index (Phi) is 11.1. The molecular formula is C34H45N3O4. The van der Waals surface area contributed by atoms with Crippen molar-refractivity contribution in [3.05, 3.63) is 92.9 Å². The lowest BCUT2D eigenvalue weighted by Crippen LogP contribution is -2.39. The van der Waals surface area contributed by atoms with E-state index in [1.807, 2.05) is 44.4 Å². The minimum Gasteiger partial charge on any atom is -0.481 e. The van der Waals surface area contributed by atoms with E-state index in [0.717, 1.165) is 47.2 Å². The van der Waals surface area contributed by atoms with Gasteiger partial charge in [0.2, 0.25) is 5.91 Å². The summed E-state index contributed by atoms with van der Waals surface area (Å²) in [5, 5.41) is 12.7. The first kappa shape index (κ1) is 31.8. The molecule has 7 heteroatoms. The number of nitrogens with zero attached hydrogens (tertiary/aromatic N) is 2. The van der Waals surface area contributed by atoms with Gasteiger partial charge >= 0.3 is 5.97 Å². The Morgan fingerprint density at radius 1 is 0.976 bits per heavy atom. The zero-order valence-electron chi connectivity index (χ0n) is 25.5. The van der Waals surface area contributed by atoms with Crippen LogP contribution in [-0.2, 0) is 16.0 Å². The van der Waals surface area contributed by atoms with Crippen molar-refractivity contribution in [1.29, 1.82) is 0 Å². The summed E-state index contributed by atoms with van der Waals surface area (Å²) < 4.78 is 1.49. The van der Waals surface area contributed by atoms with Gasteiger partial charge in [0, 0.05) is 18.8 Å². The highest BCUT2D eigenvalue weighted by Gasteiger charge is 2.26. The van der Waals surface area contributed by atoms with Crippen LogP contribution in [0.25, 0.3) is 11.1 Å². The predicted molar refractivity (Wildman–Crippen MR) is 165 cm³/mol. The number of aromatic nitrogens is 1. The minimum atomic E-state index is -1.01. The normalized spacial score (nSPS) is 12.9. The van der Waals surface area contributed by atoms with Crippen molar-refractivity contribution in [3.63, 3.8) is 0 Å². The Bertz CT molecular complexity index is 1400. The highest BCUT2D eigenvalue weighted by molar-refractivity contribution is 5.82. The van der Waals surface area contributed by atoms with Crippen LogP contribution in [-0.4, -0.2) is 47.1 Å². The van der Waals surface area contributed by atoms with Crippen molar-refractivity contribution in [2.45, 2.75) is 72.4 Å². The van der Waals surface area contributed by atoms with E-state index >= 15 is 0 Å². The van der Waals surface area contributed by atoms with Gasteiger partial charge in [0.1, 0.15) is 6.04 Å². The van der Waals surface area contributed by atoms with Crippen molar-refractivity contribution in [2.75, 3.05) is 20.6 Å². The number of rotatable bonds is 13. The molecule has 0 unspecified atom stereocenters. The number of aryl methyl sites for hydroxylation is 3. The summed E-state index contributed by atoms with van der Waals surface area (Å²) in [6.07, 6.45) is 3.40. The minimum absolute atomic E-state index is 0.229. The quantitative estimate of drug-likeness (QED) is 0.274. The number of likely N-dealkylation sites (N-methyl/N-ethyl adjacent to an activating group) is 1. The summed E-state index contributed by atoms with van der Waals surface area (Å²) in [6, 6.07) is 14.0. The van der Waals surface area contributed by atoms with Crippen molar-refractivity contribution in [1.82, 2.24) is 14.8 Å². The molecule has 1 amide bonds. The molecule has 2 aromatic carbocycles. The van der Waals surface area contributed by atoms with Crippen LogP contribution in [0.5, 0.6) is 0 Å². The standard InChI is InChI=1S/C34H45N3O4/c1-22(2)11-12-30(37-16-14-26(19-31(37)38)13-15-36(6)7)34(41)35-29(21-32(39)40)27-9-8-10-28(20-27)33-24(4)17-23(3)18-25(33)5/h8-10,14,16-20,22,29-30H,11-13,15,21H2,1-7H3,(H,35,41)(H,39,40)/t29-,30-/m0/s1. The van der Waals surface area contributed by atoms with Crippen molar-refractivity contribution < 1.29 is 14.7 Å². The van der Waals surface area contributed by atoms with E-state index in [2.05, 4.69) is 57.0 Å². The van der Waals surface area contributed by atoms with E-state index in [9.17, 15) is 19.5 Å². The molecule has 2 N–H and O–H groups in total. The summed E-state index contributed by atoms with van der Waals surface area (Å²) in [5.41, 5.74) is 6.95. The summed E-state index contributed by atoms with van der Waals surface area (Å²) in [4.78, 5) is 40.9. The Hall–Kier alpha value is -3.71. The number of carbonyl (C=O) groups excluding carboxylic acids is 1. The number of carboxylic acid groups (broad SMARTS) is 1. The number of hydrogen-bond acceptors (Lipinski definition) is 4. The third-order valence-corrected chi connectivity index (χ3v) is 7.47. The van der Waals surface area contributed by atoms with Crippen LogP contribution in [0.15, 0.2) is 59.5 Å².